The van der Waals surface area contributed by atoms with Crippen molar-refractivity contribution < 1.29 is 23.9 Å². The lowest BCUT2D eigenvalue weighted by atomic mass is 10.4. The highest BCUT2D eigenvalue weighted by molar-refractivity contribution is 7.79. The molecule has 4 N–H and O–H groups in total. The number of primary amides is 1. The van der Waals surface area contributed by atoms with Crippen LogP contribution in [0.3, 0.4) is 0 Å². The van der Waals surface area contributed by atoms with Gasteiger partial charge in [-0.3, -0.25) is 9.00 Å². The predicted molar refractivity (Wildman–Crippen MR) is 58.0 cm³/mol. The summed E-state index contributed by atoms with van der Waals surface area (Å²) in [6, 6.07) is 0. The van der Waals surface area contributed by atoms with Gasteiger partial charge in [0.1, 0.15) is 6.23 Å². The Morgan fingerprint density at radius 3 is 2.25 bits per heavy atom. The Labute approximate surface area is 96.8 Å². The average Bonchev–Trinajstić information content (AvgIpc) is 2.53. The van der Waals surface area contributed by atoms with Gasteiger partial charge in [0.25, 0.3) is 0 Å². The van der Waals surface area contributed by atoms with Crippen molar-refractivity contribution in [2.24, 2.45) is 5.73 Å². The van der Waals surface area contributed by atoms with Crippen LogP contribution in [0.25, 0.3) is 0 Å². The molecule has 1 aliphatic rings. The van der Waals surface area contributed by atoms with E-state index >= 15 is 0 Å². The summed E-state index contributed by atoms with van der Waals surface area (Å²) in [4.78, 5) is 8.58. The number of hydrogen-bond acceptors (Lipinski definition) is 6. The van der Waals surface area contributed by atoms with Gasteiger partial charge in [0.15, 0.2) is 0 Å². The highest BCUT2D eigenvalue weighted by atomic mass is 32.2. The van der Waals surface area contributed by atoms with Crippen LogP contribution in [0.2, 0.25) is 0 Å². The first-order chi connectivity index (χ1) is 7.49. The fourth-order valence-electron chi connectivity index (χ4n) is 0.830. The third-order valence-electron chi connectivity index (χ3n) is 1.45. The molecule has 96 valence electrons. The van der Waals surface area contributed by atoms with E-state index in [1.165, 1.54) is 6.08 Å². The second kappa shape index (κ2) is 12.3. The molecule has 1 fully saturated rings. The number of rotatable bonds is 2. The smallest absolute Gasteiger partial charge is 0.204 e. The van der Waals surface area contributed by atoms with Gasteiger partial charge >= 0.3 is 0 Å². The van der Waals surface area contributed by atoms with Crippen molar-refractivity contribution in [3.8, 4) is 0 Å². The molecule has 8 heteroatoms. The summed E-state index contributed by atoms with van der Waals surface area (Å²) in [5.74, 6) is 0.0556. The number of nitrogens with two attached hydrogens (primary N) is 1. The second-order valence-electron chi connectivity index (χ2n) is 2.68. The third kappa shape index (κ3) is 13.2. The Morgan fingerprint density at radius 2 is 2.19 bits per heavy atom. The van der Waals surface area contributed by atoms with E-state index < -0.39 is 17.3 Å². The molecule has 2 atom stereocenters. The maximum Gasteiger partial charge on any atom is 0.204 e. The van der Waals surface area contributed by atoms with Gasteiger partial charge in [-0.2, -0.15) is 5.06 Å². The SMILES string of the molecule is C=CCS(=O)[O-].NC=O.O[C@@H]1CCCN1O. The first-order valence-corrected chi connectivity index (χ1v) is 5.69. The molecular formula is C8H17N2O5S-. The molecule has 1 saturated heterocycles. The van der Waals surface area contributed by atoms with E-state index in [0.29, 0.717) is 13.0 Å². The summed E-state index contributed by atoms with van der Waals surface area (Å²) < 4.78 is 19.1. The molecule has 1 heterocycles. The molecule has 0 aliphatic carbocycles. The second-order valence-corrected chi connectivity index (χ2v) is 3.62. The van der Waals surface area contributed by atoms with Crippen LogP contribution < -0.4 is 5.73 Å². The van der Waals surface area contributed by atoms with E-state index in [1.807, 2.05) is 0 Å². The molecule has 0 aromatic carbocycles. The Balaban J connectivity index is 0. The van der Waals surface area contributed by atoms with Gasteiger partial charge in [0.2, 0.25) is 6.41 Å². The minimum absolute atomic E-state index is 0.0556. The maximum absolute atomic E-state index is 9.53. The lowest BCUT2D eigenvalue weighted by molar-refractivity contribution is -0.170. The molecule has 0 bridgehead atoms. The summed E-state index contributed by atoms with van der Waals surface area (Å²) in [7, 11) is 0. The number of amides is 1. The number of hydrogen-bond donors (Lipinski definition) is 3. The van der Waals surface area contributed by atoms with Gasteiger partial charge in [-0.15, -0.1) is 6.58 Å². The minimum atomic E-state index is -1.93. The summed E-state index contributed by atoms with van der Waals surface area (Å²) >= 11 is -1.93. The highest BCUT2D eigenvalue weighted by Gasteiger charge is 2.18. The largest absolute Gasteiger partial charge is 0.772 e. The van der Waals surface area contributed by atoms with Crippen molar-refractivity contribution in [3.63, 3.8) is 0 Å². The molecule has 1 rings (SSSR count). The van der Waals surface area contributed by atoms with Crippen molar-refractivity contribution in [1.29, 1.82) is 0 Å². The number of aliphatic hydroxyl groups excluding tert-OH is 1. The van der Waals surface area contributed by atoms with Gasteiger partial charge in [-0.05, 0) is 12.8 Å². The summed E-state index contributed by atoms with van der Waals surface area (Å²) in [5.41, 5.74) is 4.17. The molecule has 1 aliphatic heterocycles. The van der Waals surface area contributed by atoms with Crippen molar-refractivity contribution >= 4 is 17.5 Å². The zero-order chi connectivity index (χ0) is 13.0. The van der Waals surface area contributed by atoms with Crippen LogP contribution in [-0.2, 0) is 15.9 Å². The van der Waals surface area contributed by atoms with Crippen LogP contribution in [-0.4, -0.2) is 49.1 Å². The van der Waals surface area contributed by atoms with E-state index in [-0.39, 0.29) is 12.2 Å². The molecule has 0 spiro atoms. The van der Waals surface area contributed by atoms with Crippen molar-refractivity contribution in [1.82, 2.24) is 5.06 Å². The summed E-state index contributed by atoms with van der Waals surface area (Å²) in [5, 5.41) is 18.2. The molecule has 7 nitrogen and oxygen atoms in total. The normalized spacial score (nSPS) is 20.8. The predicted octanol–water partition coefficient (Wildman–Crippen LogP) is -1.06. The average molecular weight is 253 g/mol. The molecule has 0 aromatic rings. The summed E-state index contributed by atoms with van der Waals surface area (Å²) in [6.45, 7) is 3.82. The first kappa shape index (κ1) is 17.6. The molecule has 1 amide bonds. The van der Waals surface area contributed by atoms with Crippen molar-refractivity contribution in [2.75, 3.05) is 12.3 Å². The van der Waals surface area contributed by atoms with Gasteiger partial charge < -0.3 is 20.6 Å². The van der Waals surface area contributed by atoms with E-state index in [2.05, 4.69) is 12.3 Å². The van der Waals surface area contributed by atoms with Crippen LogP contribution in [0.5, 0.6) is 0 Å². The van der Waals surface area contributed by atoms with E-state index in [4.69, 9.17) is 15.1 Å². The van der Waals surface area contributed by atoms with Gasteiger partial charge in [0.05, 0.1) is 0 Å². The zero-order valence-electron chi connectivity index (χ0n) is 8.82. The fourth-order valence-corrected chi connectivity index (χ4v) is 1.02. The van der Waals surface area contributed by atoms with Crippen LogP contribution in [0.4, 0.5) is 0 Å². The van der Waals surface area contributed by atoms with Gasteiger partial charge in [-0.1, -0.05) is 17.2 Å². The van der Waals surface area contributed by atoms with Crippen LogP contribution in [0, 0.1) is 0 Å². The van der Waals surface area contributed by atoms with Crippen molar-refractivity contribution in [3.05, 3.63) is 12.7 Å². The number of carbonyl (C=O) groups is 1. The Kier molecular flexibility index (Phi) is 13.5. The third-order valence-corrected chi connectivity index (χ3v) is 1.96. The lowest BCUT2D eigenvalue weighted by Gasteiger charge is -2.08. The van der Waals surface area contributed by atoms with Crippen molar-refractivity contribution in [2.45, 2.75) is 19.1 Å². The van der Waals surface area contributed by atoms with Gasteiger partial charge in [-0.25, -0.2) is 0 Å². The van der Waals surface area contributed by atoms with Crippen LogP contribution in [0.15, 0.2) is 12.7 Å². The number of aliphatic hydroxyl groups is 1. The quantitative estimate of drug-likeness (QED) is 0.327. The first-order valence-electron chi connectivity index (χ1n) is 4.45. The minimum Gasteiger partial charge on any atom is -0.772 e. The Morgan fingerprint density at radius 1 is 1.69 bits per heavy atom. The Bertz CT molecular complexity index is 207. The molecule has 1 unspecified atom stereocenters. The lowest BCUT2D eigenvalue weighted by Crippen LogP contribution is -2.24. The molecule has 16 heavy (non-hydrogen) atoms. The molecular weight excluding hydrogens is 236 g/mol. The van der Waals surface area contributed by atoms with E-state index in [1.54, 1.807) is 0 Å². The van der Waals surface area contributed by atoms with Crippen LogP contribution in [0.1, 0.15) is 12.8 Å². The zero-order valence-corrected chi connectivity index (χ0v) is 9.64. The number of nitrogens with zero attached hydrogens (tertiary/aromatic N) is 1. The molecule has 0 aromatic heterocycles. The maximum atomic E-state index is 9.53. The Hall–Kier alpha value is -0.800. The summed E-state index contributed by atoms with van der Waals surface area (Å²) in [6.07, 6.45) is 2.59. The van der Waals surface area contributed by atoms with E-state index in [9.17, 15) is 8.76 Å². The van der Waals surface area contributed by atoms with Crippen LogP contribution >= 0.6 is 0 Å². The molecule has 0 radical (unpaired) electrons. The topological polar surface area (TPSA) is 127 Å². The number of hydroxylamine groups is 2. The van der Waals surface area contributed by atoms with Gasteiger partial charge in [0, 0.05) is 12.3 Å². The fraction of sp³-hybridized carbons (Fsp3) is 0.625. The highest BCUT2D eigenvalue weighted by Crippen LogP contribution is 2.09. The molecule has 0 saturated carbocycles. The number of carbonyl (C=O) groups excluding carboxylic acids is 1. The standard InChI is InChI=1S/C4H9NO2.C3H6O2S.CH3NO/c6-4-2-1-3-5(4)7;1-2-3-6(4)5;2-1-3/h4,6-7H,1-3H2;2H,1,3H2,(H,4,5);1H,(H2,2,3)/p-1/t4-;;/m1../s1. The monoisotopic (exact) mass is 253 g/mol. The van der Waals surface area contributed by atoms with E-state index in [0.717, 1.165) is 11.5 Å².